The Labute approximate surface area is 247 Å². The van der Waals surface area contributed by atoms with E-state index in [4.69, 9.17) is 24.3 Å². The number of rotatable bonds is 15. The van der Waals surface area contributed by atoms with E-state index in [0.717, 1.165) is 12.8 Å². The van der Waals surface area contributed by atoms with Crippen LogP contribution in [0.15, 0.2) is 88.8 Å². The van der Waals surface area contributed by atoms with Crippen molar-refractivity contribution in [1.29, 1.82) is 0 Å². The number of carbonyl (C=O) groups excluding carboxylic acids is 1. The molecule has 3 aromatic carbocycles. The molecule has 0 bridgehead atoms. The Kier molecular flexibility index (Phi) is 10.6. The quantitative estimate of drug-likeness (QED) is 0.249. The number of carbonyl (C=O) groups is 1. The molecule has 1 aliphatic heterocycles. The monoisotopic (exact) mass is 594 g/mol. The average molecular weight is 595 g/mol. The Morgan fingerprint density at radius 1 is 1.02 bits per heavy atom. The lowest BCUT2D eigenvalue weighted by Gasteiger charge is -2.30. The van der Waals surface area contributed by atoms with Crippen LogP contribution in [0.4, 0.5) is 0 Å². The van der Waals surface area contributed by atoms with E-state index in [1.165, 1.54) is 0 Å². The number of benzene rings is 3. The van der Waals surface area contributed by atoms with Crippen LogP contribution in [0.2, 0.25) is 0 Å². The van der Waals surface area contributed by atoms with E-state index in [1.807, 2.05) is 13.0 Å². The summed E-state index contributed by atoms with van der Waals surface area (Å²) in [4.78, 5) is 19.1. The van der Waals surface area contributed by atoms with E-state index in [0.29, 0.717) is 42.2 Å². The number of ether oxygens (including phenoxy) is 3. The number of aliphatic imine (C=N–C) groups is 1. The van der Waals surface area contributed by atoms with Gasteiger partial charge in [-0.3, -0.25) is 4.79 Å². The fourth-order valence-electron chi connectivity index (χ4n) is 4.74. The fourth-order valence-corrected chi connectivity index (χ4v) is 6.13. The van der Waals surface area contributed by atoms with Crippen molar-refractivity contribution in [2.75, 3.05) is 32.6 Å². The number of sulfone groups is 1. The molecule has 1 heterocycles. The molecule has 0 fully saturated rings. The predicted octanol–water partition coefficient (Wildman–Crippen LogP) is 4.49. The van der Waals surface area contributed by atoms with Gasteiger partial charge in [0.15, 0.2) is 21.5 Å². The van der Waals surface area contributed by atoms with Gasteiger partial charge in [0.1, 0.15) is 11.5 Å². The van der Waals surface area contributed by atoms with Crippen molar-refractivity contribution in [2.24, 2.45) is 4.99 Å². The zero-order valence-corrected chi connectivity index (χ0v) is 24.8. The summed E-state index contributed by atoms with van der Waals surface area (Å²) >= 11 is 0. The van der Waals surface area contributed by atoms with Crippen molar-refractivity contribution in [3.8, 4) is 11.5 Å². The number of nitrogens with one attached hydrogen (secondary N) is 1. The summed E-state index contributed by atoms with van der Waals surface area (Å²) in [5, 5.41) is 12.0. The van der Waals surface area contributed by atoms with Crippen LogP contribution in [-0.2, 0) is 19.4 Å². The second kappa shape index (κ2) is 14.3. The molecule has 0 aliphatic carbocycles. The normalized spacial score (nSPS) is 18.2. The van der Waals surface area contributed by atoms with E-state index in [2.05, 4.69) is 5.32 Å². The van der Waals surface area contributed by atoms with Gasteiger partial charge in [-0.05, 0) is 60.5 Å². The maximum absolute atomic E-state index is 14.0. The molecule has 0 unspecified atom stereocenters. The Balaban J connectivity index is 1.76. The first-order valence-corrected chi connectivity index (χ1v) is 15.8. The van der Waals surface area contributed by atoms with Gasteiger partial charge in [-0.2, -0.15) is 0 Å². The summed E-state index contributed by atoms with van der Waals surface area (Å²) in [5.41, 5.74) is -0.306. The van der Waals surface area contributed by atoms with Gasteiger partial charge >= 0.3 is 0 Å². The number of amides is 1. The van der Waals surface area contributed by atoms with E-state index in [1.54, 1.807) is 79.9 Å². The number of aliphatic hydroxyl groups excluding tert-OH is 1. The smallest absolute Gasteiger partial charge is 0.252 e. The molecule has 2 N–H and O–H groups in total. The third-order valence-corrected chi connectivity index (χ3v) is 8.83. The first-order chi connectivity index (χ1) is 20.3. The van der Waals surface area contributed by atoms with E-state index in [9.17, 15) is 13.2 Å². The third kappa shape index (κ3) is 7.30. The van der Waals surface area contributed by atoms with Gasteiger partial charge < -0.3 is 24.6 Å². The molecule has 0 aromatic heterocycles. The summed E-state index contributed by atoms with van der Waals surface area (Å²) in [6, 6.07) is 22.5. The lowest BCUT2D eigenvalue weighted by atomic mass is 9.85. The highest BCUT2D eigenvalue weighted by atomic mass is 32.2. The SMILES string of the molecule is CCCCNC(=O)[C@]1(CCS(=O)(=O)c2ccccc2)N=C(c2ccc(OCCCO)cc2)O[C@@H]1c1cccc(OC)c1. The van der Waals surface area contributed by atoms with Gasteiger partial charge in [0.25, 0.3) is 5.91 Å². The summed E-state index contributed by atoms with van der Waals surface area (Å²) in [7, 11) is -2.17. The van der Waals surface area contributed by atoms with Crippen molar-refractivity contribution >= 4 is 21.6 Å². The molecular formula is C32H38N2O7S. The Morgan fingerprint density at radius 3 is 2.48 bits per heavy atom. The zero-order valence-electron chi connectivity index (χ0n) is 24.0. The molecule has 4 rings (SSSR count). The van der Waals surface area contributed by atoms with Gasteiger partial charge in [0.2, 0.25) is 5.90 Å². The van der Waals surface area contributed by atoms with Crippen molar-refractivity contribution in [3.05, 3.63) is 90.0 Å². The second-order valence-electron chi connectivity index (χ2n) is 10.1. The highest BCUT2D eigenvalue weighted by Gasteiger charge is 2.53. The molecular weight excluding hydrogens is 556 g/mol. The highest BCUT2D eigenvalue weighted by molar-refractivity contribution is 7.91. The van der Waals surface area contributed by atoms with Gasteiger partial charge in [-0.1, -0.05) is 43.7 Å². The average Bonchev–Trinajstić information content (AvgIpc) is 3.42. The molecule has 0 saturated carbocycles. The summed E-state index contributed by atoms with van der Waals surface area (Å²) in [6.07, 6.45) is 1.16. The van der Waals surface area contributed by atoms with Crippen LogP contribution < -0.4 is 14.8 Å². The molecule has 42 heavy (non-hydrogen) atoms. The Morgan fingerprint density at radius 2 is 1.79 bits per heavy atom. The number of hydrogen-bond acceptors (Lipinski definition) is 8. The van der Waals surface area contributed by atoms with Crippen molar-refractivity contribution < 1.29 is 32.5 Å². The largest absolute Gasteiger partial charge is 0.497 e. The molecule has 1 aliphatic rings. The minimum atomic E-state index is -3.73. The number of hydrogen-bond donors (Lipinski definition) is 2. The van der Waals surface area contributed by atoms with Crippen LogP contribution in [0.25, 0.3) is 0 Å². The van der Waals surface area contributed by atoms with Crippen molar-refractivity contribution in [1.82, 2.24) is 5.32 Å². The van der Waals surface area contributed by atoms with E-state index >= 15 is 0 Å². The highest BCUT2D eigenvalue weighted by Crippen LogP contribution is 2.43. The minimum Gasteiger partial charge on any atom is -0.497 e. The van der Waals surface area contributed by atoms with Crippen LogP contribution in [0.5, 0.6) is 11.5 Å². The van der Waals surface area contributed by atoms with Crippen LogP contribution >= 0.6 is 0 Å². The molecule has 0 spiro atoms. The first-order valence-electron chi connectivity index (χ1n) is 14.1. The van der Waals surface area contributed by atoms with Crippen molar-refractivity contribution in [3.63, 3.8) is 0 Å². The minimum absolute atomic E-state index is 0.0385. The van der Waals surface area contributed by atoms with Crippen LogP contribution in [0.1, 0.15) is 49.8 Å². The molecule has 2 atom stereocenters. The van der Waals surface area contributed by atoms with E-state index < -0.39 is 27.4 Å². The Bertz CT molecular complexity index is 1460. The number of aliphatic hydroxyl groups is 1. The Hall–Kier alpha value is -3.89. The molecule has 224 valence electrons. The predicted molar refractivity (Wildman–Crippen MR) is 161 cm³/mol. The summed E-state index contributed by atoms with van der Waals surface area (Å²) < 4.78 is 44.3. The number of unbranched alkanes of at least 4 members (excludes halogenated alkanes) is 1. The number of nitrogens with zero attached hydrogens (tertiary/aromatic N) is 1. The number of methoxy groups -OCH3 is 1. The zero-order chi connectivity index (χ0) is 30.0. The van der Waals surface area contributed by atoms with Gasteiger partial charge in [-0.25, -0.2) is 13.4 Å². The molecule has 10 heteroatoms. The van der Waals surface area contributed by atoms with Gasteiger partial charge in [-0.15, -0.1) is 0 Å². The van der Waals surface area contributed by atoms with Crippen LogP contribution in [0, 0.1) is 0 Å². The van der Waals surface area contributed by atoms with Crippen LogP contribution in [-0.4, -0.2) is 63.5 Å². The third-order valence-electron chi connectivity index (χ3n) is 7.10. The molecule has 1 amide bonds. The molecule has 3 aromatic rings. The topological polar surface area (TPSA) is 124 Å². The lowest BCUT2D eigenvalue weighted by Crippen LogP contribution is -2.49. The van der Waals surface area contributed by atoms with Crippen LogP contribution in [0.3, 0.4) is 0 Å². The fraction of sp³-hybridized carbons (Fsp3) is 0.375. The summed E-state index contributed by atoms with van der Waals surface area (Å²) in [5.74, 6) is 0.716. The second-order valence-corrected chi connectivity index (χ2v) is 12.2. The van der Waals surface area contributed by atoms with Gasteiger partial charge in [0, 0.05) is 31.6 Å². The maximum Gasteiger partial charge on any atom is 0.252 e. The standard InChI is InChI=1S/C32H38N2O7S/c1-3-4-19-33-31(36)32(18-22-42(37,38)28-12-6-5-7-13-28)29(25-10-8-11-27(23-25)39-2)41-30(34-32)24-14-16-26(17-15-24)40-21-9-20-35/h5-8,10-17,23,29,35H,3-4,9,18-22H2,1-2H3,(H,33,36)/t29-,32-/m1/s1. The summed E-state index contributed by atoms with van der Waals surface area (Å²) in [6.45, 7) is 2.87. The molecule has 9 nitrogen and oxygen atoms in total. The van der Waals surface area contributed by atoms with Gasteiger partial charge in [0.05, 0.1) is 24.4 Å². The molecule has 0 radical (unpaired) electrons. The van der Waals surface area contributed by atoms with Crippen molar-refractivity contribution in [2.45, 2.75) is 49.1 Å². The lowest BCUT2D eigenvalue weighted by molar-refractivity contribution is -0.129. The van der Waals surface area contributed by atoms with E-state index in [-0.39, 0.29) is 29.6 Å². The molecule has 0 saturated heterocycles. The first kappa shape index (κ1) is 31.1. The maximum atomic E-state index is 14.0.